The first kappa shape index (κ1) is 11.2. The highest BCUT2D eigenvalue weighted by molar-refractivity contribution is 9.11. The standard InChI is InChI=1S/C10H15BrOS/c1-6(2)4-9(12)8-5-10(11)13-7(8)3/h5-6,9,12H,4H2,1-3H3. The Morgan fingerprint density at radius 3 is 2.54 bits per heavy atom. The lowest BCUT2D eigenvalue weighted by Gasteiger charge is -2.12. The Bertz CT molecular complexity index is 280. The van der Waals surface area contributed by atoms with Crippen molar-refractivity contribution in [3.63, 3.8) is 0 Å². The average molecular weight is 263 g/mol. The lowest BCUT2D eigenvalue weighted by atomic mass is 10.0. The third-order valence-electron chi connectivity index (χ3n) is 1.98. The molecule has 0 bridgehead atoms. The first-order valence-electron chi connectivity index (χ1n) is 4.44. The van der Waals surface area contributed by atoms with Gasteiger partial charge in [0.25, 0.3) is 0 Å². The molecule has 1 N–H and O–H groups in total. The summed E-state index contributed by atoms with van der Waals surface area (Å²) in [6.07, 6.45) is 0.534. The Morgan fingerprint density at radius 1 is 1.54 bits per heavy atom. The van der Waals surface area contributed by atoms with Crippen molar-refractivity contribution >= 4 is 27.3 Å². The summed E-state index contributed by atoms with van der Waals surface area (Å²) in [6.45, 7) is 6.30. The molecular weight excluding hydrogens is 248 g/mol. The number of aryl methyl sites for hydroxylation is 1. The SMILES string of the molecule is Cc1sc(Br)cc1C(O)CC(C)C. The largest absolute Gasteiger partial charge is 0.388 e. The number of halogens is 1. The number of thiophene rings is 1. The second-order valence-electron chi connectivity index (χ2n) is 3.71. The minimum absolute atomic E-state index is 0.303. The van der Waals surface area contributed by atoms with Gasteiger partial charge >= 0.3 is 0 Å². The molecule has 0 amide bonds. The maximum absolute atomic E-state index is 9.87. The quantitative estimate of drug-likeness (QED) is 0.876. The first-order chi connectivity index (χ1) is 6.00. The van der Waals surface area contributed by atoms with Crippen molar-refractivity contribution in [2.75, 3.05) is 0 Å². The van der Waals surface area contributed by atoms with Crippen LogP contribution < -0.4 is 0 Å². The molecule has 0 aliphatic carbocycles. The summed E-state index contributed by atoms with van der Waals surface area (Å²) in [5.74, 6) is 0.535. The number of hydrogen-bond donors (Lipinski definition) is 1. The lowest BCUT2D eigenvalue weighted by Crippen LogP contribution is -2.01. The van der Waals surface area contributed by atoms with Gasteiger partial charge in [0.1, 0.15) is 0 Å². The van der Waals surface area contributed by atoms with E-state index in [0.29, 0.717) is 5.92 Å². The van der Waals surface area contributed by atoms with Gasteiger partial charge in [0, 0.05) is 4.88 Å². The van der Waals surface area contributed by atoms with E-state index in [1.165, 1.54) is 4.88 Å². The fourth-order valence-electron chi connectivity index (χ4n) is 1.36. The van der Waals surface area contributed by atoms with Gasteiger partial charge in [-0.1, -0.05) is 13.8 Å². The molecule has 0 radical (unpaired) electrons. The summed E-state index contributed by atoms with van der Waals surface area (Å²) in [7, 11) is 0. The van der Waals surface area contributed by atoms with E-state index >= 15 is 0 Å². The predicted molar refractivity (Wildman–Crippen MR) is 61.2 cm³/mol. The zero-order valence-electron chi connectivity index (χ0n) is 8.17. The molecule has 0 saturated heterocycles. The van der Waals surface area contributed by atoms with E-state index in [-0.39, 0.29) is 6.10 Å². The Labute approximate surface area is 91.9 Å². The molecule has 0 saturated carbocycles. The number of rotatable bonds is 3. The van der Waals surface area contributed by atoms with Crippen LogP contribution in [0.3, 0.4) is 0 Å². The molecule has 1 rings (SSSR count). The molecule has 74 valence electrons. The predicted octanol–water partition coefficient (Wildman–Crippen LogP) is 3.90. The molecule has 3 heteroatoms. The second kappa shape index (κ2) is 4.58. The summed E-state index contributed by atoms with van der Waals surface area (Å²) in [5, 5.41) is 9.87. The Morgan fingerprint density at radius 2 is 2.15 bits per heavy atom. The molecule has 1 nitrogen and oxygen atoms in total. The van der Waals surface area contributed by atoms with E-state index < -0.39 is 0 Å². The van der Waals surface area contributed by atoms with Gasteiger partial charge in [0.15, 0.2) is 0 Å². The summed E-state index contributed by atoms with van der Waals surface area (Å²) in [4.78, 5) is 1.21. The van der Waals surface area contributed by atoms with Crippen LogP contribution >= 0.6 is 27.3 Å². The lowest BCUT2D eigenvalue weighted by molar-refractivity contribution is 0.151. The zero-order valence-corrected chi connectivity index (χ0v) is 10.6. The van der Waals surface area contributed by atoms with E-state index in [4.69, 9.17) is 0 Å². The maximum atomic E-state index is 9.87. The molecule has 0 fully saturated rings. The Balaban J connectivity index is 2.76. The fraction of sp³-hybridized carbons (Fsp3) is 0.600. The topological polar surface area (TPSA) is 20.2 Å². The fourth-order valence-corrected chi connectivity index (χ4v) is 3.13. The Kier molecular flexibility index (Phi) is 3.95. The van der Waals surface area contributed by atoms with Crippen molar-refractivity contribution in [1.82, 2.24) is 0 Å². The van der Waals surface area contributed by atoms with E-state index in [9.17, 15) is 5.11 Å². The maximum Gasteiger partial charge on any atom is 0.0803 e. The molecule has 0 aliphatic rings. The second-order valence-corrected chi connectivity index (χ2v) is 6.34. The highest BCUT2D eigenvalue weighted by atomic mass is 79.9. The van der Waals surface area contributed by atoms with Crippen molar-refractivity contribution in [3.8, 4) is 0 Å². The molecule has 0 spiro atoms. The van der Waals surface area contributed by atoms with Crippen molar-refractivity contribution in [1.29, 1.82) is 0 Å². The van der Waals surface area contributed by atoms with E-state index in [1.807, 2.05) is 13.0 Å². The average Bonchev–Trinajstić information content (AvgIpc) is 2.28. The monoisotopic (exact) mass is 262 g/mol. The molecule has 1 aromatic rings. The zero-order chi connectivity index (χ0) is 10.0. The summed E-state index contributed by atoms with van der Waals surface area (Å²) in [6, 6.07) is 2.02. The van der Waals surface area contributed by atoms with Gasteiger partial charge in [-0.15, -0.1) is 11.3 Å². The van der Waals surface area contributed by atoms with E-state index in [2.05, 4.69) is 29.8 Å². The van der Waals surface area contributed by atoms with Gasteiger partial charge in [-0.05, 0) is 46.8 Å². The van der Waals surface area contributed by atoms with Crippen LogP contribution in [0.15, 0.2) is 9.85 Å². The number of aliphatic hydroxyl groups is 1. The number of hydrogen-bond acceptors (Lipinski definition) is 2. The molecule has 1 heterocycles. The van der Waals surface area contributed by atoms with Crippen molar-refractivity contribution in [2.24, 2.45) is 5.92 Å². The third-order valence-corrected chi connectivity index (χ3v) is 3.55. The van der Waals surface area contributed by atoms with Gasteiger partial charge in [-0.2, -0.15) is 0 Å². The molecule has 1 atom stereocenters. The third kappa shape index (κ3) is 3.08. The van der Waals surface area contributed by atoms with Crippen LogP contribution in [0.25, 0.3) is 0 Å². The molecule has 13 heavy (non-hydrogen) atoms. The molecule has 1 aromatic heterocycles. The van der Waals surface area contributed by atoms with Crippen LogP contribution in [-0.4, -0.2) is 5.11 Å². The van der Waals surface area contributed by atoms with E-state index in [1.54, 1.807) is 11.3 Å². The molecule has 1 unspecified atom stereocenters. The van der Waals surface area contributed by atoms with Crippen molar-refractivity contribution in [2.45, 2.75) is 33.3 Å². The number of aliphatic hydroxyl groups excluding tert-OH is 1. The smallest absolute Gasteiger partial charge is 0.0803 e. The van der Waals surface area contributed by atoms with Crippen LogP contribution in [-0.2, 0) is 0 Å². The summed E-state index contributed by atoms with van der Waals surface area (Å²) < 4.78 is 1.10. The van der Waals surface area contributed by atoms with Gasteiger partial charge in [-0.25, -0.2) is 0 Å². The molecule has 0 aliphatic heterocycles. The van der Waals surface area contributed by atoms with Crippen LogP contribution in [0.2, 0.25) is 0 Å². The minimum atomic E-state index is -0.303. The summed E-state index contributed by atoms with van der Waals surface area (Å²) in [5.41, 5.74) is 1.07. The van der Waals surface area contributed by atoms with Gasteiger partial charge < -0.3 is 5.11 Å². The van der Waals surface area contributed by atoms with Crippen LogP contribution in [0.4, 0.5) is 0 Å². The van der Waals surface area contributed by atoms with Gasteiger partial charge in [0.05, 0.1) is 9.89 Å². The van der Waals surface area contributed by atoms with E-state index in [0.717, 1.165) is 15.8 Å². The minimum Gasteiger partial charge on any atom is -0.388 e. The van der Waals surface area contributed by atoms with Gasteiger partial charge in [0.2, 0.25) is 0 Å². The van der Waals surface area contributed by atoms with Crippen molar-refractivity contribution < 1.29 is 5.11 Å². The highest BCUT2D eigenvalue weighted by Gasteiger charge is 2.14. The van der Waals surface area contributed by atoms with Crippen molar-refractivity contribution in [3.05, 3.63) is 20.3 Å². The van der Waals surface area contributed by atoms with Crippen LogP contribution in [0.1, 0.15) is 36.8 Å². The van der Waals surface area contributed by atoms with Crippen LogP contribution in [0, 0.1) is 12.8 Å². The molecule has 0 aromatic carbocycles. The first-order valence-corrected chi connectivity index (χ1v) is 6.05. The van der Waals surface area contributed by atoms with Gasteiger partial charge in [-0.3, -0.25) is 0 Å². The van der Waals surface area contributed by atoms with Crippen LogP contribution in [0.5, 0.6) is 0 Å². The summed E-state index contributed by atoms with van der Waals surface area (Å²) >= 11 is 5.11. The highest BCUT2D eigenvalue weighted by Crippen LogP contribution is 2.32. The molecular formula is C10H15BrOS. The Hall–Kier alpha value is 0.140. The normalized spacial score (nSPS) is 13.7.